The summed E-state index contributed by atoms with van der Waals surface area (Å²) >= 11 is 0. The summed E-state index contributed by atoms with van der Waals surface area (Å²) in [6, 6.07) is 13.8. The van der Waals surface area contributed by atoms with Crippen LogP contribution in [0.15, 0.2) is 36.4 Å². The minimum absolute atomic E-state index is 0.394. The highest BCUT2D eigenvalue weighted by atomic mass is 14.9. The summed E-state index contributed by atoms with van der Waals surface area (Å²) in [5, 5.41) is 3.48. The molecule has 2 aromatic carbocycles. The first-order chi connectivity index (χ1) is 9.52. The first-order valence-electron chi connectivity index (χ1n) is 7.44. The van der Waals surface area contributed by atoms with Gasteiger partial charge in [0.1, 0.15) is 0 Å². The van der Waals surface area contributed by atoms with Gasteiger partial charge in [0, 0.05) is 6.04 Å². The molecule has 2 rings (SSSR count). The second-order valence-electron chi connectivity index (χ2n) is 5.68. The van der Waals surface area contributed by atoms with Gasteiger partial charge in [0.15, 0.2) is 0 Å². The van der Waals surface area contributed by atoms with E-state index in [0.717, 1.165) is 6.54 Å². The van der Waals surface area contributed by atoms with E-state index in [-0.39, 0.29) is 0 Å². The third kappa shape index (κ3) is 3.10. The Labute approximate surface area is 123 Å². The number of aryl methyl sites for hydroxylation is 3. The standard InChI is InChI=1S/C19H25N/c1-6-20-16(5)17-8-7-9-18(12-17)19-14(3)10-13(2)11-15(19)4/h7-12,16,20H,6H2,1-5H3. The van der Waals surface area contributed by atoms with Crippen LogP contribution in [0.25, 0.3) is 11.1 Å². The van der Waals surface area contributed by atoms with E-state index in [0.29, 0.717) is 6.04 Å². The van der Waals surface area contributed by atoms with E-state index in [2.05, 4.69) is 76.3 Å². The fourth-order valence-electron chi connectivity index (χ4n) is 3.02. The van der Waals surface area contributed by atoms with Crippen LogP contribution in [0.5, 0.6) is 0 Å². The van der Waals surface area contributed by atoms with Crippen LogP contribution in [0.2, 0.25) is 0 Å². The molecule has 0 amide bonds. The van der Waals surface area contributed by atoms with Gasteiger partial charge in [-0.15, -0.1) is 0 Å². The van der Waals surface area contributed by atoms with Crippen LogP contribution in [0.1, 0.15) is 42.1 Å². The van der Waals surface area contributed by atoms with E-state index in [1.807, 2.05) is 0 Å². The predicted octanol–water partition coefficient (Wildman–Crippen LogP) is 4.95. The van der Waals surface area contributed by atoms with E-state index >= 15 is 0 Å². The largest absolute Gasteiger partial charge is 0.310 e. The van der Waals surface area contributed by atoms with Gasteiger partial charge in [-0.3, -0.25) is 0 Å². The first kappa shape index (κ1) is 14.8. The SMILES string of the molecule is CCNC(C)c1cccc(-c2c(C)cc(C)cc2C)c1. The minimum atomic E-state index is 0.394. The maximum atomic E-state index is 3.48. The summed E-state index contributed by atoms with van der Waals surface area (Å²) in [7, 11) is 0. The van der Waals surface area contributed by atoms with E-state index in [1.165, 1.54) is 33.4 Å². The molecule has 1 N–H and O–H groups in total. The van der Waals surface area contributed by atoms with Gasteiger partial charge in [0.2, 0.25) is 0 Å². The van der Waals surface area contributed by atoms with E-state index in [1.54, 1.807) is 0 Å². The van der Waals surface area contributed by atoms with Gasteiger partial charge < -0.3 is 5.32 Å². The Morgan fingerprint density at radius 2 is 1.65 bits per heavy atom. The van der Waals surface area contributed by atoms with Crippen molar-refractivity contribution in [1.82, 2.24) is 5.32 Å². The summed E-state index contributed by atoms with van der Waals surface area (Å²) in [4.78, 5) is 0. The number of rotatable bonds is 4. The molecule has 1 heteroatoms. The fourth-order valence-corrected chi connectivity index (χ4v) is 3.02. The molecule has 0 aromatic heterocycles. The van der Waals surface area contributed by atoms with Gasteiger partial charge in [-0.05, 0) is 68.1 Å². The maximum absolute atomic E-state index is 3.48. The fraction of sp³-hybridized carbons (Fsp3) is 0.368. The molecule has 20 heavy (non-hydrogen) atoms. The van der Waals surface area contributed by atoms with Crippen molar-refractivity contribution >= 4 is 0 Å². The molecule has 1 unspecified atom stereocenters. The summed E-state index contributed by atoms with van der Waals surface area (Å²) in [5.41, 5.74) is 8.10. The van der Waals surface area contributed by atoms with Crippen LogP contribution in [0.4, 0.5) is 0 Å². The lowest BCUT2D eigenvalue weighted by Crippen LogP contribution is -2.17. The molecule has 0 radical (unpaired) electrons. The third-order valence-corrected chi connectivity index (χ3v) is 3.86. The van der Waals surface area contributed by atoms with Crippen LogP contribution < -0.4 is 5.32 Å². The van der Waals surface area contributed by atoms with Gasteiger partial charge >= 0.3 is 0 Å². The monoisotopic (exact) mass is 267 g/mol. The lowest BCUT2D eigenvalue weighted by atomic mass is 9.92. The molecule has 0 saturated heterocycles. The lowest BCUT2D eigenvalue weighted by Gasteiger charge is -2.16. The zero-order chi connectivity index (χ0) is 14.7. The first-order valence-corrected chi connectivity index (χ1v) is 7.44. The van der Waals surface area contributed by atoms with Crippen molar-refractivity contribution in [3.63, 3.8) is 0 Å². The molecule has 1 nitrogen and oxygen atoms in total. The minimum Gasteiger partial charge on any atom is -0.310 e. The Morgan fingerprint density at radius 3 is 2.25 bits per heavy atom. The van der Waals surface area contributed by atoms with Crippen molar-refractivity contribution in [2.75, 3.05) is 6.54 Å². The quantitative estimate of drug-likeness (QED) is 0.826. The Balaban J connectivity index is 2.46. The van der Waals surface area contributed by atoms with Crippen LogP contribution in [0.3, 0.4) is 0 Å². The molecule has 0 fully saturated rings. The molecule has 0 heterocycles. The van der Waals surface area contributed by atoms with Crippen LogP contribution >= 0.6 is 0 Å². The Morgan fingerprint density at radius 1 is 1.00 bits per heavy atom. The number of hydrogen-bond donors (Lipinski definition) is 1. The highest BCUT2D eigenvalue weighted by Crippen LogP contribution is 2.30. The van der Waals surface area contributed by atoms with Gasteiger partial charge in [-0.2, -0.15) is 0 Å². The van der Waals surface area contributed by atoms with Crippen LogP contribution in [-0.2, 0) is 0 Å². The summed E-state index contributed by atoms with van der Waals surface area (Å²) < 4.78 is 0. The zero-order valence-corrected chi connectivity index (χ0v) is 13.2. The Hall–Kier alpha value is -1.60. The Bertz CT molecular complexity index is 575. The second-order valence-corrected chi connectivity index (χ2v) is 5.68. The average molecular weight is 267 g/mol. The molecule has 1 atom stereocenters. The summed E-state index contributed by atoms with van der Waals surface area (Å²) in [6.07, 6.45) is 0. The average Bonchev–Trinajstić information content (AvgIpc) is 2.38. The Kier molecular flexibility index (Phi) is 4.61. The van der Waals surface area contributed by atoms with Crippen molar-refractivity contribution in [3.8, 4) is 11.1 Å². The molecule has 0 aliphatic heterocycles. The van der Waals surface area contributed by atoms with Crippen LogP contribution in [0, 0.1) is 20.8 Å². The number of hydrogen-bond acceptors (Lipinski definition) is 1. The van der Waals surface area contributed by atoms with Crippen molar-refractivity contribution in [2.24, 2.45) is 0 Å². The number of benzene rings is 2. The number of nitrogens with one attached hydrogen (secondary N) is 1. The highest BCUT2D eigenvalue weighted by Gasteiger charge is 2.09. The van der Waals surface area contributed by atoms with E-state index < -0.39 is 0 Å². The van der Waals surface area contributed by atoms with Crippen molar-refractivity contribution in [1.29, 1.82) is 0 Å². The molecule has 0 aliphatic rings. The smallest absolute Gasteiger partial charge is 0.0291 e. The second kappa shape index (κ2) is 6.23. The summed E-state index contributed by atoms with van der Waals surface area (Å²) in [6.45, 7) is 11.9. The van der Waals surface area contributed by atoms with Crippen molar-refractivity contribution in [3.05, 3.63) is 58.7 Å². The third-order valence-electron chi connectivity index (χ3n) is 3.86. The predicted molar refractivity (Wildman–Crippen MR) is 88.2 cm³/mol. The van der Waals surface area contributed by atoms with E-state index in [9.17, 15) is 0 Å². The molecule has 0 saturated carbocycles. The molecule has 0 spiro atoms. The van der Waals surface area contributed by atoms with Gasteiger partial charge in [-0.1, -0.05) is 42.8 Å². The molecule has 106 valence electrons. The topological polar surface area (TPSA) is 12.0 Å². The molecule has 2 aromatic rings. The van der Waals surface area contributed by atoms with Gasteiger partial charge in [0.05, 0.1) is 0 Å². The maximum Gasteiger partial charge on any atom is 0.0291 e. The molecular formula is C19H25N. The van der Waals surface area contributed by atoms with Gasteiger partial charge in [-0.25, -0.2) is 0 Å². The summed E-state index contributed by atoms with van der Waals surface area (Å²) in [5.74, 6) is 0. The van der Waals surface area contributed by atoms with E-state index in [4.69, 9.17) is 0 Å². The van der Waals surface area contributed by atoms with Crippen molar-refractivity contribution in [2.45, 2.75) is 40.7 Å². The normalized spacial score (nSPS) is 12.4. The zero-order valence-electron chi connectivity index (χ0n) is 13.2. The highest BCUT2D eigenvalue weighted by molar-refractivity contribution is 5.71. The van der Waals surface area contributed by atoms with Crippen LogP contribution in [-0.4, -0.2) is 6.54 Å². The van der Waals surface area contributed by atoms with Crippen molar-refractivity contribution < 1.29 is 0 Å². The van der Waals surface area contributed by atoms with Gasteiger partial charge in [0.25, 0.3) is 0 Å². The molecule has 0 bridgehead atoms. The molecular weight excluding hydrogens is 242 g/mol. The lowest BCUT2D eigenvalue weighted by molar-refractivity contribution is 0.598. The molecule has 0 aliphatic carbocycles.